The number of rotatable bonds is 3. The van der Waals surface area contributed by atoms with Crippen LogP contribution in [-0.4, -0.2) is 44.1 Å². The second-order valence-electron chi connectivity index (χ2n) is 8.80. The van der Waals surface area contributed by atoms with Crippen LogP contribution in [-0.2, 0) is 9.16 Å². The van der Waals surface area contributed by atoms with Crippen LogP contribution in [0.15, 0.2) is 11.1 Å². The monoisotopic (exact) mass is 361 g/mol. The molecule has 1 aliphatic rings. The predicted molar refractivity (Wildman–Crippen MR) is 98.4 cm³/mol. The molecule has 1 heterocycles. The Hall–Kier alpha value is -0.523. The topological polar surface area (TPSA) is 38.8 Å². The Labute approximate surface area is 147 Å². The average Bonchev–Trinajstić information content (AvgIpc) is 2.76. The summed E-state index contributed by atoms with van der Waals surface area (Å²) < 4.78 is 11.8. The lowest BCUT2D eigenvalue weighted by Crippen LogP contribution is -2.46. The number of hydrogen-bond acceptors (Lipinski definition) is 3. The van der Waals surface area contributed by atoms with Gasteiger partial charge in [0.25, 0.3) is 0 Å². The van der Waals surface area contributed by atoms with Crippen LogP contribution in [0.25, 0.3) is 0 Å². The van der Waals surface area contributed by atoms with Crippen LogP contribution in [0.3, 0.4) is 0 Å². The lowest BCUT2D eigenvalue weighted by atomic mass is 10.2. The zero-order valence-corrected chi connectivity index (χ0v) is 17.6. The van der Waals surface area contributed by atoms with Crippen LogP contribution in [0.4, 0.5) is 4.79 Å². The molecule has 0 unspecified atom stereocenters. The number of ether oxygens (including phenoxy) is 1. The van der Waals surface area contributed by atoms with Gasteiger partial charge in [-0.25, -0.2) is 4.79 Å². The Balaban J connectivity index is 2.80. The van der Waals surface area contributed by atoms with E-state index in [0.29, 0.717) is 13.2 Å². The van der Waals surface area contributed by atoms with Gasteiger partial charge in [0.05, 0.1) is 12.6 Å². The Morgan fingerprint density at radius 2 is 1.87 bits per heavy atom. The van der Waals surface area contributed by atoms with Crippen molar-refractivity contribution in [1.82, 2.24) is 4.90 Å². The summed E-state index contributed by atoms with van der Waals surface area (Å²) in [5.41, 5.74) is 2.11. The molecule has 1 atom stereocenters. The third-order valence-electron chi connectivity index (χ3n) is 4.54. The molecule has 0 aromatic heterocycles. The normalized spacial score (nSPS) is 21.9. The maximum atomic E-state index is 12.4. The van der Waals surface area contributed by atoms with E-state index < -0.39 is 13.9 Å². The zero-order chi connectivity index (χ0) is 18.1. The summed E-state index contributed by atoms with van der Waals surface area (Å²) in [5.74, 6) is 0. The molecule has 4 nitrogen and oxygen atoms in total. The molecule has 0 aromatic rings. The highest BCUT2D eigenvalue weighted by Crippen LogP contribution is 2.37. The van der Waals surface area contributed by atoms with Gasteiger partial charge < -0.3 is 9.16 Å². The van der Waals surface area contributed by atoms with Gasteiger partial charge in [0.1, 0.15) is 5.60 Å². The van der Waals surface area contributed by atoms with E-state index in [0.717, 1.165) is 12.0 Å². The number of likely N-dealkylation sites (tertiary alicyclic amines) is 1. The first-order chi connectivity index (χ1) is 10.3. The van der Waals surface area contributed by atoms with Gasteiger partial charge in [0.15, 0.2) is 8.32 Å². The van der Waals surface area contributed by atoms with E-state index in [1.165, 1.54) is 0 Å². The van der Waals surface area contributed by atoms with E-state index in [1.807, 2.05) is 20.8 Å². The second kappa shape index (κ2) is 7.15. The van der Waals surface area contributed by atoms with Gasteiger partial charge in [-0.05, 0) is 50.9 Å². The van der Waals surface area contributed by atoms with Crippen molar-refractivity contribution in [2.75, 3.05) is 13.2 Å². The standard InChI is InChI=1S/C17H32ClNO3Si/c1-16(2,3)22-15(20)19-11-13(10-18)9-14(19)12-21-23(7,8)17(4,5)6/h10,14H,9,11-12H2,1-8H3/b13-10+/t14-/m0/s1. The molecule has 0 aliphatic carbocycles. The molecular formula is C17H32ClNO3Si. The van der Waals surface area contributed by atoms with Crippen molar-refractivity contribution < 1.29 is 14.0 Å². The van der Waals surface area contributed by atoms with Crippen LogP contribution < -0.4 is 0 Å². The smallest absolute Gasteiger partial charge is 0.410 e. The lowest BCUT2D eigenvalue weighted by molar-refractivity contribution is 0.0184. The van der Waals surface area contributed by atoms with Crippen molar-refractivity contribution in [2.24, 2.45) is 0 Å². The Bertz CT molecular complexity index is 463. The van der Waals surface area contributed by atoms with Crippen molar-refractivity contribution in [3.63, 3.8) is 0 Å². The second-order valence-corrected chi connectivity index (χ2v) is 13.8. The molecule has 0 aromatic carbocycles. The van der Waals surface area contributed by atoms with Crippen LogP contribution in [0.2, 0.25) is 18.1 Å². The van der Waals surface area contributed by atoms with Crippen molar-refractivity contribution in [3.8, 4) is 0 Å². The third kappa shape index (κ3) is 5.80. The molecule has 1 fully saturated rings. The summed E-state index contributed by atoms with van der Waals surface area (Å²) in [6.07, 6.45) is 0.451. The number of amides is 1. The number of halogens is 1. The summed E-state index contributed by atoms with van der Waals surface area (Å²) in [4.78, 5) is 14.2. The molecule has 0 spiro atoms. The number of carbonyl (C=O) groups is 1. The number of hydrogen-bond donors (Lipinski definition) is 0. The maximum absolute atomic E-state index is 12.4. The summed E-state index contributed by atoms with van der Waals surface area (Å²) in [6.45, 7) is 17.8. The molecule has 6 heteroatoms. The fourth-order valence-electron chi connectivity index (χ4n) is 2.11. The van der Waals surface area contributed by atoms with Crippen molar-refractivity contribution in [3.05, 3.63) is 11.1 Å². The first kappa shape index (κ1) is 20.5. The van der Waals surface area contributed by atoms with Crippen LogP contribution in [0.1, 0.15) is 48.0 Å². The number of nitrogens with zero attached hydrogens (tertiary/aromatic N) is 1. The summed E-state index contributed by atoms with van der Waals surface area (Å²) in [5, 5.41) is 0.146. The highest BCUT2D eigenvalue weighted by atomic mass is 35.5. The highest BCUT2D eigenvalue weighted by Gasteiger charge is 2.40. The average molecular weight is 362 g/mol. The summed E-state index contributed by atoms with van der Waals surface area (Å²) in [7, 11) is -1.85. The molecule has 134 valence electrons. The molecule has 23 heavy (non-hydrogen) atoms. The molecule has 1 amide bonds. The van der Waals surface area contributed by atoms with Crippen molar-refractivity contribution in [1.29, 1.82) is 0 Å². The van der Waals surface area contributed by atoms with E-state index in [1.54, 1.807) is 10.4 Å². The first-order valence-electron chi connectivity index (χ1n) is 8.18. The van der Waals surface area contributed by atoms with E-state index in [-0.39, 0.29) is 17.2 Å². The van der Waals surface area contributed by atoms with Gasteiger partial charge in [-0.15, -0.1) is 0 Å². The molecule has 1 saturated heterocycles. The summed E-state index contributed by atoms with van der Waals surface area (Å²) >= 11 is 5.87. The molecule has 1 rings (SSSR count). The molecule has 0 radical (unpaired) electrons. The fourth-order valence-corrected chi connectivity index (χ4v) is 3.31. The van der Waals surface area contributed by atoms with E-state index in [4.69, 9.17) is 20.8 Å². The van der Waals surface area contributed by atoms with Crippen LogP contribution in [0.5, 0.6) is 0 Å². The first-order valence-corrected chi connectivity index (χ1v) is 11.5. The van der Waals surface area contributed by atoms with Crippen molar-refractivity contribution in [2.45, 2.75) is 77.7 Å². The fraction of sp³-hybridized carbons (Fsp3) is 0.824. The number of carbonyl (C=O) groups excluding carboxylic acids is 1. The van der Waals surface area contributed by atoms with Gasteiger partial charge in [0.2, 0.25) is 0 Å². The molecule has 0 saturated carbocycles. The molecular weight excluding hydrogens is 330 g/mol. The van der Waals surface area contributed by atoms with Gasteiger partial charge >= 0.3 is 6.09 Å². The third-order valence-corrected chi connectivity index (χ3v) is 9.35. The molecule has 0 bridgehead atoms. The Morgan fingerprint density at radius 1 is 1.30 bits per heavy atom. The molecule has 0 N–H and O–H groups in total. The largest absolute Gasteiger partial charge is 0.444 e. The predicted octanol–water partition coefficient (Wildman–Crippen LogP) is 5.14. The van der Waals surface area contributed by atoms with E-state index in [2.05, 4.69) is 33.9 Å². The van der Waals surface area contributed by atoms with Crippen LogP contribution in [0, 0.1) is 0 Å². The van der Waals surface area contributed by atoms with E-state index >= 15 is 0 Å². The van der Waals surface area contributed by atoms with Gasteiger partial charge in [-0.1, -0.05) is 32.4 Å². The highest BCUT2D eigenvalue weighted by molar-refractivity contribution is 6.74. The minimum Gasteiger partial charge on any atom is -0.444 e. The zero-order valence-electron chi connectivity index (χ0n) is 15.8. The van der Waals surface area contributed by atoms with Gasteiger partial charge in [-0.3, -0.25) is 4.90 Å². The quantitative estimate of drug-likeness (QED) is 0.653. The van der Waals surface area contributed by atoms with Crippen LogP contribution >= 0.6 is 11.6 Å². The summed E-state index contributed by atoms with van der Waals surface area (Å²) in [6, 6.07) is -0.0102. The Morgan fingerprint density at radius 3 is 2.30 bits per heavy atom. The lowest BCUT2D eigenvalue weighted by Gasteiger charge is -2.38. The van der Waals surface area contributed by atoms with Gasteiger partial charge in [0, 0.05) is 12.1 Å². The minimum absolute atomic E-state index is 0.0102. The SMILES string of the molecule is CC(C)(C)OC(=O)N1C/C(=C/Cl)C[C@H]1CO[Si](C)(C)C(C)(C)C. The maximum Gasteiger partial charge on any atom is 0.410 e. The van der Waals surface area contributed by atoms with E-state index in [9.17, 15) is 4.79 Å². The minimum atomic E-state index is -1.85. The Kier molecular flexibility index (Phi) is 6.38. The van der Waals surface area contributed by atoms with Crippen molar-refractivity contribution >= 4 is 26.0 Å². The van der Waals surface area contributed by atoms with Gasteiger partial charge in [-0.2, -0.15) is 0 Å². The molecule has 1 aliphatic heterocycles.